The fraction of sp³-hybridized carbons (Fsp3) is 0.571. The number of fused-ring (bicyclic) bond motifs is 1. The summed E-state index contributed by atoms with van der Waals surface area (Å²) in [6, 6.07) is 4.41. The van der Waals surface area contributed by atoms with Crippen LogP contribution in [-0.4, -0.2) is 11.7 Å². The standard InChI is InChI=1S/C14H20O/c1-10-7-8-13(14(2,3)9-15)12-6-4-5-11(10)12/h7-8,15H,4-6,9H2,1-3H3. The number of hydrogen-bond donors (Lipinski definition) is 1. The first-order valence-corrected chi connectivity index (χ1v) is 5.79. The lowest BCUT2D eigenvalue weighted by atomic mass is 9.80. The van der Waals surface area contributed by atoms with Gasteiger partial charge in [-0.1, -0.05) is 26.0 Å². The van der Waals surface area contributed by atoms with E-state index in [0.29, 0.717) is 0 Å². The Morgan fingerprint density at radius 2 is 1.87 bits per heavy atom. The van der Waals surface area contributed by atoms with Crippen LogP contribution in [0.15, 0.2) is 12.1 Å². The van der Waals surface area contributed by atoms with Crippen LogP contribution in [-0.2, 0) is 18.3 Å². The Bertz CT molecular complexity index is 377. The Kier molecular flexibility index (Phi) is 2.59. The van der Waals surface area contributed by atoms with Crippen LogP contribution in [0, 0.1) is 6.92 Å². The lowest BCUT2D eigenvalue weighted by Crippen LogP contribution is -2.24. The summed E-state index contributed by atoms with van der Waals surface area (Å²) in [5, 5.41) is 9.45. The third-order valence-corrected chi connectivity index (χ3v) is 3.64. The molecule has 1 nitrogen and oxygen atoms in total. The van der Waals surface area contributed by atoms with Gasteiger partial charge in [0.25, 0.3) is 0 Å². The second-order valence-electron chi connectivity index (χ2n) is 5.28. The molecule has 0 saturated heterocycles. The summed E-state index contributed by atoms with van der Waals surface area (Å²) in [5.41, 5.74) is 5.72. The fourth-order valence-electron chi connectivity index (χ4n) is 2.60. The summed E-state index contributed by atoms with van der Waals surface area (Å²) < 4.78 is 0. The number of aliphatic hydroxyl groups excluding tert-OH is 1. The van der Waals surface area contributed by atoms with Gasteiger partial charge in [-0.2, -0.15) is 0 Å². The van der Waals surface area contributed by atoms with E-state index in [-0.39, 0.29) is 12.0 Å². The van der Waals surface area contributed by atoms with Crippen molar-refractivity contribution < 1.29 is 5.11 Å². The van der Waals surface area contributed by atoms with E-state index in [2.05, 4.69) is 32.9 Å². The van der Waals surface area contributed by atoms with Gasteiger partial charge in [-0.25, -0.2) is 0 Å². The molecule has 15 heavy (non-hydrogen) atoms. The molecular formula is C14H20O. The van der Waals surface area contributed by atoms with E-state index in [0.717, 1.165) is 0 Å². The second-order valence-corrected chi connectivity index (χ2v) is 5.28. The molecule has 1 aromatic carbocycles. The van der Waals surface area contributed by atoms with Crippen LogP contribution >= 0.6 is 0 Å². The molecule has 0 heterocycles. The molecule has 0 bridgehead atoms. The van der Waals surface area contributed by atoms with Gasteiger partial charge in [-0.15, -0.1) is 0 Å². The van der Waals surface area contributed by atoms with Crippen LogP contribution in [0.2, 0.25) is 0 Å². The second kappa shape index (κ2) is 3.64. The maximum Gasteiger partial charge on any atom is 0.0522 e. The number of benzene rings is 1. The highest BCUT2D eigenvalue weighted by Crippen LogP contribution is 2.34. The molecule has 1 heteroatoms. The third kappa shape index (κ3) is 1.69. The summed E-state index contributed by atoms with van der Waals surface area (Å²) in [6.07, 6.45) is 3.68. The first-order valence-electron chi connectivity index (χ1n) is 5.79. The summed E-state index contributed by atoms with van der Waals surface area (Å²) >= 11 is 0. The van der Waals surface area contributed by atoms with Crippen molar-refractivity contribution in [3.63, 3.8) is 0 Å². The molecule has 1 aromatic rings. The van der Waals surface area contributed by atoms with E-state index >= 15 is 0 Å². The minimum absolute atomic E-state index is 0.0951. The van der Waals surface area contributed by atoms with Crippen molar-refractivity contribution in [2.45, 2.75) is 45.4 Å². The van der Waals surface area contributed by atoms with Crippen LogP contribution in [0.1, 0.15) is 42.5 Å². The Labute approximate surface area is 92.1 Å². The maximum absolute atomic E-state index is 9.45. The number of aryl methyl sites for hydroxylation is 1. The minimum atomic E-state index is -0.0951. The Morgan fingerprint density at radius 1 is 1.20 bits per heavy atom. The summed E-state index contributed by atoms with van der Waals surface area (Å²) in [6.45, 7) is 6.66. The zero-order chi connectivity index (χ0) is 11.1. The van der Waals surface area contributed by atoms with Crippen molar-refractivity contribution in [3.05, 3.63) is 34.4 Å². The Morgan fingerprint density at radius 3 is 2.53 bits per heavy atom. The van der Waals surface area contributed by atoms with E-state index in [1.165, 1.54) is 41.5 Å². The summed E-state index contributed by atoms with van der Waals surface area (Å²) in [5.74, 6) is 0. The smallest absolute Gasteiger partial charge is 0.0522 e. The molecule has 0 atom stereocenters. The molecule has 1 N–H and O–H groups in total. The first kappa shape index (κ1) is 10.7. The monoisotopic (exact) mass is 204 g/mol. The first-order chi connectivity index (χ1) is 7.06. The number of aliphatic hydroxyl groups is 1. The van der Waals surface area contributed by atoms with Crippen LogP contribution in [0.25, 0.3) is 0 Å². The molecule has 0 amide bonds. The van der Waals surface area contributed by atoms with E-state index in [1.807, 2.05) is 0 Å². The molecule has 0 unspecified atom stereocenters. The molecule has 0 saturated carbocycles. The summed E-state index contributed by atoms with van der Waals surface area (Å²) in [4.78, 5) is 0. The maximum atomic E-state index is 9.45. The van der Waals surface area contributed by atoms with Crippen molar-refractivity contribution in [1.82, 2.24) is 0 Å². The normalized spacial score (nSPS) is 15.5. The van der Waals surface area contributed by atoms with Gasteiger partial charge < -0.3 is 5.11 Å². The molecular weight excluding hydrogens is 184 g/mol. The van der Waals surface area contributed by atoms with E-state index in [4.69, 9.17) is 0 Å². The number of hydrogen-bond acceptors (Lipinski definition) is 1. The highest BCUT2D eigenvalue weighted by molar-refractivity contribution is 5.46. The molecule has 0 aliphatic heterocycles. The van der Waals surface area contributed by atoms with Crippen LogP contribution in [0.5, 0.6) is 0 Å². The molecule has 0 radical (unpaired) electrons. The fourth-order valence-corrected chi connectivity index (χ4v) is 2.60. The van der Waals surface area contributed by atoms with Crippen LogP contribution in [0.3, 0.4) is 0 Å². The van der Waals surface area contributed by atoms with E-state index in [1.54, 1.807) is 0 Å². The third-order valence-electron chi connectivity index (χ3n) is 3.64. The van der Waals surface area contributed by atoms with Crippen molar-refractivity contribution >= 4 is 0 Å². The lowest BCUT2D eigenvalue weighted by Gasteiger charge is -2.26. The quantitative estimate of drug-likeness (QED) is 0.785. The topological polar surface area (TPSA) is 20.2 Å². The largest absolute Gasteiger partial charge is 0.395 e. The van der Waals surface area contributed by atoms with Gasteiger partial charge in [0.05, 0.1) is 6.61 Å². The van der Waals surface area contributed by atoms with E-state index < -0.39 is 0 Å². The van der Waals surface area contributed by atoms with Gasteiger partial charge >= 0.3 is 0 Å². The van der Waals surface area contributed by atoms with Crippen molar-refractivity contribution in [2.24, 2.45) is 0 Å². The molecule has 0 aromatic heterocycles. The highest BCUT2D eigenvalue weighted by atomic mass is 16.3. The van der Waals surface area contributed by atoms with Crippen LogP contribution < -0.4 is 0 Å². The zero-order valence-corrected chi connectivity index (χ0v) is 9.93. The van der Waals surface area contributed by atoms with Crippen molar-refractivity contribution in [2.75, 3.05) is 6.61 Å². The minimum Gasteiger partial charge on any atom is -0.395 e. The van der Waals surface area contributed by atoms with Gasteiger partial charge in [-0.05, 0) is 48.4 Å². The Balaban J connectivity index is 2.55. The average Bonchev–Trinajstić information content (AvgIpc) is 2.67. The molecule has 0 spiro atoms. The van der Waals surface area contributed by atoms with Crippen molar-refractivity contribution in [1.29, 1.82) is 0 Å². The molecule has 82 valence electrons. The zero-order valence-electron chi connectivity index (χ0n) is 9.93. The van der Waals surface area contributed by atoms with Gasteiger partial charge in [0.1, 0.15) is 0 Å². The summed E-state index contributed by atoms with van der Waals surface area (Å²) in [7, 11) is 0. The van der Waals surface area contributed by atoms with E-state index in [9.17, 15) is 5.11 Å². The molecule has 0 fully saturated rings. The molecule has 1 aliphatic carbocycles. The van der Waals surface area contributed by atoms with Gasteiger partial charge in [-0.3, -0.25) is 0 Å². The van der Waals surface area contributed by atoms with Crippen molar-refractivity contribution in [3.8, 4) is 0 Å². The van der Waals surface area contributed by atoms with Gasteiger partial charge in [0.15, 0.2) is 0 Å². The number of rotatable bonds is 2. The van der Waals surface area contributed by atoms with Gasteiger partial charge in [0.2, 0.25) is 0 Å². The predicted molar refractivity (Wildman–Crippen MR) is 63.3 cm³/mol. The predicted octanol–water partition coefficient (Wildman–Crippen LogP) is 2.75. The van der Waals surface area contributed by atoms with Gasteiger partial charge in [0, 0.05) is 5.41 Å². The van der Waals surface area contributed by atoms with Crippen LogP contribution in [0.4, 0.5) is 0 Å². The molecule has 2 rings (SSSR count). The SMILES string of the molecule is Cc1ccc(C(C)(C)CO)c2c1CCC2. The highest BCUT2D eigenvalue weighted by Gasteiger charge is 2.26. The molecule has 1 aliphatic rings. The lowest BCUT2D eigenvalue weighted by molar-refractivity contribution is 0.218. The average molecular weight is 204 g/mol. The Hall–Kier alpha value is -0.820.